The van der Waals surface area contributed by atoms with Gasteiger partial charge in [0.15, 0.2) is 0 Å². The van der Waals surface area contributed by atoms with Gasteiger partial charge in [0.25, 0.3) is 0 Å². The molecule has 3 N–H and O–H groups in total. The number of carbonyl (C=O) groups excluding carboxylic acids is 1. The van der Waals surface area contributed by atoms with Crippen LogP contribution in [0.1, 0.15) is 50.6 Å². The molecule has 2 aliphatic rings. The van der Waals surface area contributed by atoms with E-state index in [2.05, 4.69) is 5.32 Å². The maximum Gasteiger partial charge on any atom is 0.223 e. The van der Waals surface area contributed by atoms with Crippen LogP contribution in [-0.4, -0.2) is 11.9 Å². The number of benzene rings is 1. The van der Waals surface area contributed by atoms with Crippen LogP contribution in [0.5, 0.6) is 0 Å². The molecule has 0 aliphatic heterocycles. The smallest absolute Gasteiger partial charge is 0.223 e. The maximum absolute atomic E-state index is 13.1. The van der Waals surface area contributed by atoms with Crippen molar-refractivity contribution in [2.24, 2.45) is 23.5 Å². The van der Waals surface area contributed by atoms with Crippen LogP contribution in [0.4, 0.5) is 4.39 Å². The van der Waals surface area contributed by atoms with Crippen LogP contribution in [0, 0.1) is 23.6 Å². The molecule has 134 valence electrons. The second-order valence-electron chi connectivity index (χ2n) is 7.09. The summed E-state index contributed by atoms with van der Waals surface area (Å²) in [5.74, 6) is 0.686. The van der Waals surface area contributed by atoms with E-state index >= 15 is 0 Å². The van der Waals surface area contributed by atoms with Crippen LogP contribution >= 0.6 is 24.0 Å². The molecule has 3 unspecified atom stereocenters. The van der Waals surface area contributed by atoms with E-state index in [0.29, 0.717) is 16.9 Å². The summed E-state index contributed by atoms with van der Waals surface area (Å²) in [6.45, 7) is 1.88. The van der Waals surface area contributed by atoms with Crippen LogP contribution in [0.15, 0.2) is 18.2 Å². The Bertz CT molecular complexity index is 584. The predicted octanol–water partition coefficient (Wildman–Crippen LogP) is 4.23. The molecule has 0 saturated heterocycles. The third-order valence-corrected chi connectivity index (χ3v) is 5.90. The largest absolute Gasteiger partial charge is 0.349 e. The number of nitrogens with one attached hydrogen (secondary N) is 1. The van der Waals surface area contributed by atoms with Crippen molar-refractivity contribution in [1.82, 2.24) is 5.32 Å². The van der Waals surface area contributed by atoms with Gasteiger partial charge in [0.2, 0.25) is 5.91 Å². The number of fused-ring (bicyclic) bond motifs is 2. The van der Waals surface area contributed by atoms with E-state index < -0.39 is 0 Å². The molecule has 0 aromatic heterocycles. The number of rotatable bonds is 3. The Balaban J connectivity index is 0.00000208. The number of nitrogens with two attached hydrogens (primary N) is 1. The first-order valence-electron chi connectivity index (χ1n) is 8.46. The molecule has 0 spiro atoms. The molecule has 2 bridgehead atoms. The molecular formula is C18H25Cl2FN2O. The van der Waals surface area contributed by atoms with E-state index in [1.165, 1.54) is 18.6 Å². The van der Waals surface area contributed by atoms with E-state index in [1.807, 2.05) is 6.92 Å². The van der Waals surface area contributed by atoms with Gasteiger partial charge in [0.1, 0.15) is 5.82 Å². The molecule has 3 rings (SSSR count). The molecule has 2 aliphatic carbocycles. The highest BCUT2D eigenvalue weighted by molar-refractivity contribution is 6.31. The lowest BCUT2D eigenvalue weighted by Crippen LogP contribution is -2.49. The number of amides is 1. The highest BCUT2D eigenvalue weighted by atomic mass is 35.5. The van der Waals surface area contributed by atoms with Gasteiger partial charge in [-0.25, -0.2) is 4.39 Å². The number of halogens is 3. The average molecular weight is 375 g/mol. The van der Waals surface area contributed by atoms with Gasteiger partial charge in [-0.15, -0.1) is 12.4 Å². The SMILES string of the molecule is CC(NC(=O)C1CC2CCCC(C1)C2N)c1ccc(F)cc1Cl.Cl. The molecule has 3 nitrogen and oxygen atoms in total. The Labute approximate surface area is 153 Å². The molecule has 6 heteroatoms. The van der Waals surface area contributed by atoms with Crippen LogP contribution in [0.3, 0.4) is 0 Å². The van der Waals surface area contributed by atoms with Crippen LogP contribution < -0.4 is 11.1 Å². The van der Waals surface area contributed by atoms with Crippen LogP contribution in [-0.2, 0) is 4.79 Å². The van der Waals surface area contributed by atoms with Gasteiger partial charge in [-0.1, -0.05) is 24.1 Å². The fourth-order valence-corrected chi connectivity index (χ4v) is 4.60. The lowest BCUT2D eigenvalue weighted by atomic mass is 9.65. The van der Waals surface area contributed by atoms with Gasteiger partial charge >= 0.3 is 0 Å². The fraction of sp³-hybridized carbons (Fsp3) is 0.611. The van der Waals surface area contributed by atoms with Crippen molar-refractivity contribution in [1.29, 1.82) is 0 Å². The van der Waals surface area contributed by atoms with Crippen molar-refractivity contribution < 1.29 is 9.18 Å². The topological polar surface area (TPSA) is 55.1 Å². The highest BCUT2D eigenvalue weighted by Crippen LogP contribution is 2.42. The summed E-state index contributed by atoms with van der Waals surface area (Å²) in [4.78, 5) is 12.6. The van der Waals surface area contributed by atoms with Crippen molar-refractivity contribution in [2.45, 2.75) is 51.1 Å². The predicted molar refractivity (Wildman–Crippen MR) is 96.7 cm³/mol. The summed E-state index contributed by atoms with van der Waals surface area (Å²) in [5, 5.41) is 3.39. The number of hydrogen-bond acceptors (Lipinski definition) is 2. The summed E-state index contributed by atoms with van der Waals surface area (Å²) >= 11 is 6.08. The summed E-state index contributed by atoms with van der Waals surface area (Å²) in [6, 6.07) is 4.31. The quantitative estimate of drug-likeness (QED) is 0.831. The van der Waals surface area contributed by atoms with Crippen molar-refractivity contribution in [3.05, 3.63) is 34.6 Å². The Morgan fingerprint density at radius 3 is 2.54 bits per heavy atom. The summed E-state index contributed by atoms with van der Waals surface area (Å²) in [5.41, 5.74) is 7.03. The number of hydrogen-bond donors (Lipinski definition) is 2. The lowest BCUT2D eigenvalue weighted by Gasteiger charge is -2.43. The van der Waals surface area contributed by atoms with E-state index in [0.717, 1.165) is 31.2 Å². The van der Waals surface area contributed by atoms with E-state index in [9.17, 15) is 9.18 Å². The number of carbonyl (C=O) groups is 1. The standard InChI is InChI=1S/C18H24ClFN2O.ClH/c1-10(15-6-5-14(20)9-16(15)19)22-18(23)13-7-11-3-2-4-12(8-13)17(11)21;/h5-6,9-13,17H,2-4,7-8,21H2,1H3,(H,22,23);1H. The second kappa shape index (κ2) is 8.03. The van der Waals surface area contributed by atoms with Crippen molar-refractivity contribution in [3.63, 3.8) is 0 Å². The van der Waals surface area contributed by atoms with Crippen molar-refractivity contribution in [3.8, 4) is 0 Å². The minimum absolute atomic E-state index is 0. The molecule has 0 radical (unpaired) electrons. The molecule has 3 atom stereocenters. The summed E-state index contributed by atoms with van der Waals surface area (Å²) in [6.07, 6.45) is 5.28. The molecule has 2 fully saturated rings. The zero-order valence-electron chi connectivity index (χ0n) is 13.8. The van der Waals surface area contributed by atoms with E-state index in [-0.39, 0.29) is 42.1 Å². The molecule has 0 heterocycles. The van der Waals surface area contributed by atoms with Crippen LogP contribution in [0.25, 0.3) is 0 Å². The third kappa shape index (κ3) is 4.04. The van der Waals surface area contributed by atoms with Crippen LogP contribution in [0.2, 0.25) is 5.02 Å². The Kier molecular flexibility index (Phi) is 6.52. The monoisotopic (exact) mass is 374 g/mol. The van der Waals surface area contributed by atoms with Gasteiger partial charge in [0, 0.05) is 17.0 Å². The molecule has 24 heavy (non-hydrogen) atoms. The Morgan fingerprint density at radius 1 is 1.33 bits per heavy atom. The minimum Gasteiger partial charge on any atom is -0.349 e. The molecule has 1 amide bonds. The van der Waals surface area contributed by atoms with Gasteiger partial charge in [-0.3, -0.25) is 4.79 Å². The maximum atomic E-state index is 13.1. The fourth-order valence-electron chi connectivity index (χ4n) is 4.26. The Morgan fingerprint density at radius 2 is 1.96 bits per heavy atom. The van der Waals surface area contributed by atoms with Crippen molar-refractivity contribution >= 4 is 29.9 Å². The van der Waals surface area contributed by atoms with Gasteiger partial charge in [0.05, 0.1) is 6.04 Å². The second-order valence-corrected chi connectivity index (χ2v) is 7.50. The minimum atomic E-state index is -0.369. The first kappa shape index (κ1) is 19.5. The third-order valence-electron chi connectivity index (χ3n) is 5.57. The van der Waals surface area contributed by atoms with Gasteiger partial charge in [-0.2, -0.15) is 0 Å². The first-order chi connectivity index (χ1) is 11.0. The zero-order valence-corrected chi connectivity index (χ0v) is 15.4. The lowest BCUT2D eigenvalue weighted by molar-refractivity contribution is -0.128. The van der Waals surface area contributed by atoms with Gasteiger partial charge in [-0.05, 0) is 62.1 Å². The van der Waals surface area contributed by atoms with E-state index in [1.54, 1.807) is 6.07 Å². The molecular weight excluding hydrogens is 350 g/mol. The Hall–Kier alpha value is -0.840. The first-order valence-corrected chi connectivity index (χ1v) is 8.84. The molecule has 2 saturated carbocycles. The van der Waals surface area contributed by atoms with Gasteiger partial charge < -0.3 is 11.1 Å². The van der Waals surface area contributed by atoms with Crippen molar-refractivity contribution in [2.75, 3.05) is 0 Å². The normalized spacial score (nSPS) is 30.2. The summed E-state index contributed by atoms with van der Waals surface area (Å²) in [7, 11) is 0. The highest BCUT2D eigenvalue weighted by Gasteiger charge is 2.40. The summed E-state index contributed by atoms with van der Waals surface area (Å²) < 4.78 is 13.1. The zero-order chi connectivity index (χ0) is 16.6. The molecule has 1 aromatic carbocycles. The average Bonchev–Trinajstić information content (AvgIpc) is 2.46. The van der Waals surface area contributed by atoms with E-state index in [4.69, 9.17) is 17.3 Å². The molecule has 1 aromatic rings.